The highest BCUT2D eigenvalue weighted by molar-refractivity contribution is 5.83. The summed E-state index contributed by atoms with van der Waals surface area (Å²) in [5, 5.41) is 12.8. The van der Waals surface area contributed by atoms with Crippen LogP contribution in [0.2, 0.25) is 0 Å². The zero-order valence-corrected chi connectivity index (χ0v) is 11.3. The number of nitriles is 1. The Morgan fingerprint density at radius 2 is 2.33 bits per heavy atom. The molecule has 0 saturated heterocycles. The van der Waals surface area contributed by atoms with E-state index in [2.05, 4.69) is 5.10 Å². The molecule has 1 atom stereocenters. The number of nitrogens with two attached hydrogens (primary N) is 1. The first-order valence-electron chi connectivity index (χ1n) is 6.69. The van der Waals surface area contributed by atoms with E-state index in [1.165, 1.54) is 6.20 Å². The molecule has 2 aromatic rings. The minimum absolute atomic E-state index is 0.0802. The number of nitrogen functional groups attached to an aromatic ring is 1. The lowest BCUT2D eigenvalue weighted by Gasteiger charge is -2.25. The number of benzene rings is 1. The number of nitrogens with zero attached hydrogens (tertiary/aromatic N) is 3. The smallest absolute Gasteiger partial charge is 0.249 e. The largest absolute Gasteiger partial charge is 0.493 e. The number of carbonyl (C=O) groups excluding carboxylic acids is 1. The number of anilines is 1. The fourth-order valence-corrected chi connectivity index (χ4v) is 2.57. The Balaban J connectivity index is 1.83. The first-order valence-corrected chi connectivity index (χ1v) is 6.69. The summed E-state index contributed by atoms with van der Waals surface area (Å²) in [6.07, 6.45) is 2.37. The number of aromatic nitrogens is 2. The van der Waals surface area contributed by atoms with Gasteiger partial charge in [-0.2, -0.15) is 15.0 Å². The van der Waals surface area contributed by atoms with Crippen LogP contribution in [0, 0.1) is 11.3 Å². The SMILES string of the molecule is N#Cc1cnn(C(=O)C[C@@H]2CCOc3ccccc32)c1N. The van der Waals surface area contributed by atoms with Gasteiger partial charge in [0.2, 0.25) is 5.91 Å². The molecule has 0 spiro atoms. The Morgan fingerprint density at radius 1 is 1.52 bits per heavy atom. The summed E-state index contributed by atoms with van der Waals surface area (Å²) >= 11 is 0. The lowest BCUT2D eigenvalue weighted by molar-refractivity contribution is 0.0872. The van der Waals surface area contributed by atoms with Crippen molar-refractivity contribution in [3.8, 4) is 11.8 Å². The fraction of sp³-hybridized carbons (Fsp3) is 0.267. The van der Waals surface area contributed by atoms with E-state index in [0.29, 0.717) is 6.61 Å². The van der Waals surface area contributed by atoms with Crippen molar-refractivity contribution in [3.63, 3.8) is 0 Å². The molecule has 0 aliphatic carbocycles. The van der Waals surface area contributed by atoms with E-state index in [4.69, 9.17) is 15.7 Å². The average Bonchev–Trinajstić information content (AvgIpc) is 2.88. The second kappa shape index (κ2) is 5.29. The Hall–Kier alpha value is -2.81. The van der Waals surface area contributed by atoms with Crippen LogP contribution in [0.4, 0.5) is 5.82 Å². The third-order valence-corrected chi connectivity index (χ3v) is 3.67. The highest BCUT2D eigenvalue weighted by Gasteiger charge is 2.25. The van der Waals surface area contributed by atoms with Gasteiger partial charge in [-0.05, 0) is 24.0 Å². The number of hydrogen-bond acceptors (Lipinski definition) is 5. The predicted octanol–water partition coefficient (Wildman–Crippen LogP) is 1.93. The number of ether oxygens (including phenoxy) is 1. The molecule has 1 aromatic heterocycles. The molecule has 0 bridgehead atoms. The first-order chi connectivity index (χ1) is 10.2. The Bertz CT molecular complexity index is 730. The number of fused-ring (bicyclic) bond motifs is 1. The molecule has 6 heteroatoms. The van der Waals surface area contributed by atoms with Crippen LogP contribution in [-0.2, 0) is 0 Å². The Labute approximate surface area is 121 Å². The molecule has 21 heavy (non-hydrogen) atoms. The van der Waals surface area contributed by atoms with Crippen LogP contribution in [-0.4, -0.2) is 22.3 Å². The van der Waals surface area contributed by atoms with Crippen molar-refractivity contribution in [1.29, 1.82) is 5.26 Å². The molecule has 2 N–H and O–H groups in total. The van der Waals surface area contributed by atoms with E-state index in [-0.39, 0.29) is 29.6 Å². The van der Waals surface area contributed by atoms with E-state index < -0.39 is 0 Å². The maximum atomic E-state index is 12.3. The lowest BCUT2D eigenvalue weighted by atomic mass is 9.90. The minimum atomic E-state index is -0.212. The molecule has 0 saturated carbocycles. The van der Waals surface area contributed by atoms with Gasteiger partial charge in [0.05, 0.1) is 12.8 Å². The van der Waals surface area contributed by atoms with Gasteiger partial charge in [-0.3, -0.25) is 4.79 Å². The highest BCUT2D eigenvalue weighted by atomic mass is 16.5. The van der Waals surface area contributed by atoms with Crippen molar-refractivity contribution in [3.05, 3.63) is 41.6 Å². The number of para-hydroxylation sites is 1. The second-order valence-electron chi connectivity index (χ2n) is 4.94. The van der Waals surface area contributed by atoms with Gasteiger partial charge in [-0.1, -0.05) is 18.2 Å². The van der Waals surface area contributed by atoms with Crippen LogP contribution in [0.25, 0.3) is 0 Å². The minimum Gasteiger partial charge on any atom is -0.493 e. The van der Waals surface area contributed by atoms with Gasteiger partial charge in [0.15, 0.2) is 0 Å². The molecule has 3 rings (SSSR count). The molecular weight excluding hydrogens is 268 g/mol. The van der Waals surface area contributed by atoms with Crippen molar-refractivity contribution in [2.75, 3.05) is 12.3 Å². The van der Waals surface area contributed by atoms with Gasteiger partial charge in [-0.25, -0.2) is 0 Å². The highest BCUT2D eigenvalue weighted by Crippen LogP contribution is 2.35. The maximum Gasteiger partial charge on any atom is 0.249 e. The van der Waals surface area contributed by atoms with E-state index in [9.17, 15) is 4.79 Å². The van der Waals surface area contributed by atoms with Crippen LogP contribution >= 0.6 is 0 Å². The summed E-state index contributed by atoms with van der Waals surface area (Å²) < 4.78 is 6.69. The van der Waals surface area contributed by atoms with Crippen molar-refractivity contribution in [2.24, 2.45) is 0 Å². The fourth-order valence-electron chi connectivity index (χ4n) is 2.57. The third-order valence-electron chi connectivity index (χ3n) is 3.67. The summed E-state index contributed by atoms with van der Waals surface area (Å²) in [5.74, 6) is 0.794. The van der Waals surface area contributed by atoms with E-state index in [1.807, 2.05) is 30.3 Å². The molecule has 1 aliphatic rings. The van der Waals surface area contributed by atoms with E-state index >= 15 is 0 Å². The zero-order chi connectivity index (χ0) is 14.8. The standard InChI is InChI=1S/C15H14N4O2/c16-8-11-9-18-19(15(11)17)14(20)7-10-5-6-21-13-4-2-1-3-12(10)13/h1-4,9-10H,5-7,17H2/t10-/m0/s1. The molecule has 0 radical (unpaired) electrons. The van der Waals surface area contributed by atoms with Gasteiger partial charge in [0, 0.05) is 6.42 Å². The van der Waals surface area contributed by atoms with Gasteiger partial charge in [0.25, 0.3) is 0 Å². The second-order valence-corrected chi connectivity index (χ2v) is 4.94. The van der Waals surface area contributed by atoms with Gasteiger partial charge in [0.1, 0.15) is 23.2 Å². The van der Waals surface area contributed by atoms with Crippen molar-refractivity contribution >= 4 is 11.7 Å². The van der Waals surface area contributed by atoms with Crippen molar-refractivity contribution < 1.29 is 9.53 Å². The monoisotopic (exact) mass is 282 g/mol. The summed E-state index contributed by atoms with van der Waals surface area (Å²) in [6.45, 7) is 0.590. The average molecular weight is 282 g/mol. The molecular formula is C15H14N4O2. The summed E-state index contributed by atoms with van der Waals surface area (Å²) in [4.78, 5) is 12.3. The van der Waals surface area contributed by atoms with Crippen LogP contribution < -0.4 is 10.5 Å². The van der Waals surface area contributed by atoms with Crippen LogP contribution in [0.5, 0.6) is 5.75 Å². The molecule has 106 valence electrons. The molecule has 1 aromatic carbocycles. The van der Waals surface area contributed by atoms with E-state index in [1.54, 1.807) is 0 Å². The maximum absolute atomic E-state index is 12.3. The first kappa shape index (κ1) is 13.2. The number of rotatable bonds is 2. The van der Waals surface area contributed by atoms with Gasteiger partial charge < -0.3 is 10.5 Å². The summed E-state index contributed by atoms with van der Waals surface area (Å²) in [6, 6.07) is 9.63. The van der Waals surface area contributed by atoms with Crippen molar-refractivity contribution in [1.82, 2.24) is 9.78 Å². The van der Waals surface area contributed by atoms with Crippen LogP contribution in [0.3, 0.4) is 0 Å². The Morgan fingerprint density at radius 3 is 3.10 bits per heavy atom. The molecule has 0 amide bonds. The summed E-state index contributed by atoms with van der Waals surface area (Å²) in [7, 11) is 0. The Kier molecular flexibility index (Phi) is 3.32. The predicted molar refractivity (Wildman–Crippen MR) is 75.9 cm³/mol. The topological polar surface area (TPSA) is 93.9 Å². The molecule has 0 unspecified atom stereocenters. The van der Waals surface area contributed by atoms with Gasteiger partial charge in [-0.15, -0.1) is 0 Å². The zero-order valence-electron chi connectivity index (χ0n) is 11.3. The van der Waals surface area contributed by atoms with E-state index in [0.717, 1.165) is 22.4 Å². The quantitative estimate of drug-likeness (QED) is 0.908. The molecule has 1 aliphatic heterocycles. The lowest BCUT2D eigenvalue weighted by Crippen LogP contribution is -2.21. The normalized spacial score (nSPS) is 16.6. The molecule has 0 fully saturated rings. The molecule has 6 nitrogen and oxygen atoms in total. The number of carbonyl (C=O) groups is 1. The van der Waals surface area contributed by atoms with Gasteiger partial charge >= 0.3 is 0 Å². The number of hydrogen-bond donors (Lipinski definition) is 1. The molecule has 2 heterocycles. The van der Waals surface area contributed by atoms with Crippen LogP contribution in [0.1, 0.15) is 34.7 Å². The van der Waals surface area contributed by atoms with Crippen molar-refractivity contribution in [2.45, 2.75) is 18.8 Å². The summed E-state index contributed by atoms with van der Waals surface area (Å²) in [5.41, 5.74) is 7.00. The van der Waals surface area contributed by atoms with Crippen LogP contribution in [0.15, 0.2) is 30.5 Å². The third kappa shape index (κ3) is 2.34.